The summed E-state index contributed by atoms with van der Waals surface area (Å²) in [6.45, 7) is 4.15. The van der Waals surface area contributed by atoms with E-state index in [4.69, 9.17) is 4.74 Å². The van der Waals surface area contributed by atoms with Gasteiger partial charge < -0.3 is 4.74 Å². The number of Topliss-reactive ketones (excluding diaryl/α,β-unsaturated/α-hetero) is 1. The second-order valence-corrected chi connectivity index (χ2v) is 4.29. The second-order valence-electron chi connectivity index (χ2n) is 4.29. The van der Waals surface area contributed by atoms with Gasteiger partial charge in [-0.3, -0.25) is 9.59 Å². The van der Waals surface area contributed by atoms with Gasteiger partial charge in [-0.1, -0.05) is 6.92 Å². The topological polar surface area (TPSA) is 43.4 Å². The number of rotatable bonds is 2. The molecule has 3 heteroatoms. The Morgan fingerprint density at radius 1 is 1.62 bits per heavy atom. The zero-order valence-corrected chi connectivity index (χ0v) is 8.05. The highest BCUT2D eigenvalue weighted by molar-refractivity contribution is 6.10. The lowest BCUT2D eigenvalue weighted by molar-refractivity contribution is -0.153. The first-order chi connectivity index (χ1) is 6.07. The van der Waals surface area contributed by atoms with Crippen LogP contribution < -0.4 is 0 Å². The highest BCUT2D eigenvalue weighted by atomic mass is 16.5. The number of hydrogen-bond acceptors (Lipinski definition) is 3. The van der Waals surface area contributed by atoms with E-state index < -0.39 is 5.41 Å². The number of carbonyl (C=O) groups excluding carboxylic acids is 2. The standard InChI is InChI=1S/C10H14O3/c1-3-13-8(12)10-6-9(10,2)5-4-7(10)11/h3-6H2,1-2H3/t9-,10-/m0/s1. The fourth-order valence-corrected chi connectivity index (χ4v) is 2.57. The van der Waals surface area contributed by atoms with E-state index >= 15 is 0 Å². The van der Waals surface area contributed by atoms with Gasteiger partial charge in [-0.25, -0.2) is 0 Å². The molecule has 0 aromatic heterocycles. The van der Waals surface area contributed by atoms with Crippen LogP contribution in [0.2, 0.25) is 0 Å². The van der Waals surface area contributed by atoms with Crippen molar-refractivity contribution >= 4 is 11.8 Å². The molecule has 0 aliphatic heterocycles. The van der Waals surface area contributed by atoms with Gasteiger partial charge in [-0.2, -0.15) is 0 Å². The number of ketones is 1. The lowest BCUT2D eigenvalue weighted by Crippen LogP contribution is -2.28. The normalized spacial score (nSPS) is 41.5. The maximum Gasteiger partial charge on any atom is 0.320 e. The van der Waals surface area contributed by atoms with Crippen molar-refractivity contribution in [3.8, 4) is 0 Å². The highest BCUT2D eigenvalue weighted by Crippen LogP contribution is 2.71. The number of carbonyl (C=O) groups is 2. The quantitative estimate of drug-likeness (QED) is 0.477. The summed E-state index contributed by atoms with van der Waals surface area (Å²) in [6, 6.07) is 0. The molecule has 2 rings (SSSR count). The summed E-state index contributed by atoms with van der Waals surface area (Å²) in [5.74, 6) is -0.201. The minimum absolute atomic E-state index is 0.0731. The van der Waals surface area contributed by atoms with E-state index in [2.05, 4.69) is 0 Å². The lowest BCUT2D eigenvalue weighted by Gasteiger charge is -2.11. The molecule has 0 unspecified atom stereocenters. The van der Waals surface area contributed by atoms with Crippen LogP contribution in [0.3, 0.4) is 0 Å². The number of fused-ring (bicyclic) bond motifs is 1. The van der Waals surface area contributed by atoms with Crippen LogP contribution >= 0.6 is 0 Å². The van der Waals surface area contributed by atoms with E-state index in [9.17, 15) is 9.59 Å². The first kappa shape index (κ1) is 8.73. The SMILES string of the molecule is CCOC(=O)[C@@]12C[C@]1(C)CCC2=O. The molecule has 0 heterocycles. The first-order valence-corrected chi connectivity index (χ1v) is 4.77. The summed E-state index contributed by atoms with van der Waals surface area (Å²) in [5.41, 5.74) is -0.806. The Morgan fingerprint density at radius 2 is 2.31 bits per heavy atom. The van der Waals surface area contributed by atoms with Crippen molar-refractivity contribution in [1.29, 1.82) is 0 Å². The summed E-state index contributed by atoms with van der Waals surface area (Å²) in [7, 11) is 0. The van der Waals surface area contributed by atoms with Crippen LogP contribution in [0.25, 0.3) is 0 Å². The molecule has 0 saturated heterocycles. The van der Waals surface area contributed by atoms with Gasteiger partial charge >= 0.3 is 5.97 Å². The van der Waals surface area contributed by atoms with Crippen molar-refractivity contribution in [1.82, 2.24) is 0 Å². The zero-order chi connectivity index (χ0) is 9.69. The third-order valence-electron chi connectivity index (χ3n) is 3.56. The molecule has 0 bridgehead atoms. The van der Waals surface area contributed by atoms with Gasteiger partial charge in [-0.05, 0) is 25.2 Å². The summed E-state index contributed by atoms with van der Waals surface area (Å²) in [5, 5.41) is 0. The molecule has 0 radical (unpaired) electrons. The van der Waals surface area contributed by atoms with Crippen molar-refractivity contribution in [2.75, 3.05) is 6.61 Å². The summed E-state index contributed by atoms with van der Waals surface area (Å²) in [6.07, 6.45) is 2.11. The fraction of sp³-hybridized carbons (Fsp3) is 0.800. The van der Waals surface area contributed by atoms with Crippen LogP contribution in [0, 0.1) is 10.8 Å². The molecule has 2 atom stereocenters. The van der Waals surface area contributed by atoms with Crippen LogP contribution in [0.5, 0.6) is 0 Å². The number of esters is 1. The predicted octanol–water partition coefficient (Wildman–Crippen LogP) is 1.31. The molecule has 72 valence electrons. The van der Waals surface area contributed by atoms with Crippen molar-refractivity contribution < 1.29 is 14.3 Å². The van der Waals surface area contributed by atoms with Gasteiger partial charge in [0.1, 0.15) is 5.41 Å². The lowest BCUT2D eigenvalue weighted by atomic mass is 9.98. The third kappa shape index (κ3) is 0.847. The molecule has 0 amide bonds. The van der Waals surface area contributed by atoms with E-state index in [0.717, 1.165) is 6.42 Å². The number of ether oxygens (including phenoxy) is 1. The van der Waals surface area contributed by atoms with Gasteiger partial charge in [-0.15, -0.1) is 0 Å². The van der Waals surface area contributed by atoms with Gasteiger partial charge in [0.15, 0.2) is 5.78 Å². The maximum atomic E-state index is 11.6. The number of hydrogen-bond donors (Lipinski definition) is 0. The van der Waals surface area contributed by atoms with Crippen molar-refractivity contribution in [2.45, 2.75) is 33.1 Å². The van der Waals surface area contributed by atoms with Crippen LogP contribution in [0.4, 0.5) is 0 Å². The Kier molecular flexibility index (Phi) is 1.57. The molecule has 0 aromatic carbocycles. The molecule has 2 aliphatic rings. The van der Waals surface area contributed by atoms with Gasteiger partial charge in [0.25, 0.3) is 0 Å². The van der Waals surface area contributed by atoms with Crippen LogP contribution in [0.15, 0.2) is 0 Å². The minimum Gasteiger partial charge on any atom is -0.465 e. The Balaban J connectivity index is 2.22. The summed E-state index contributed by atoms with van der Waals surface area (Å²) in [4.78, 5) is 23.1. The average molecular weight is 182 g/mol. The average Bonchev–Trinajstić information content (AvgIpc) is 2.64. The minimum atomic E-state index is -0.733. The summed E-state index contributed by atoms with van der Waals surface area (Å²) >= 11 is 0. The monoisotopic (exact) mass is 182 g/mol. The fourth-order valence-electron chi connectivity index (χ4n) is 2.57. The molecule has 13 heavy (non-hydrogen) atoms. The Hall–Kier alpha value is -0.860. The summed E-state index contributed by atoms with van der Waals surface area (Å²) < 4.78 is 4.95. The van der Waals surface area contributed by atoms with Crippen molar-refractivity contribution in [2.24, 2.45) is 10.8 Å². The highest BCUT2D eigenvalue weighted by Gasteiger charge is 2.77. The van der Waals surface area contributed by atoms with Crippen molar-refractivity contribution in [3.63, 3.8) is 0 Å². The third-order valence-corrected chi connectivity index (χ3v) is 3.56. The van der Waals surface area contributed by atoms with Gasteiger partial charge in [0.2, 0.25) is 0 Å². The smallest absolute Gasteiger partial charge is 0.320 e. The van der Waals surface area contributed by atoms with E-state index in [1.54, 1.807) is 6.92 Å². The Morgan fingerprint density at radius 3 is 2.69 bits per heavy atom. The Bertz CT molecular complexity index is 284. The van der Waals surface area contributed by atoms with E-state index in [-0.39, 0.29) is 17.2 Å². The maximum absolute atomic E-state index is 11.6. The van der Waals surface area contributed by atoms with E-state index in [1.165, 1.54) is 0 Å². The second kappa shape index (κ2) is 2.34. The molecular weight excluding hydrogens is 168 g/mol. The van der Waals surface area contributed by atoms with Gasteiger partial charge in [0, 0.05) is 6.42 Å². The first-order valence-electron chi connectivity index (χ1n) is 4.77. The molecule has 0 N–H and O–H groups in total. The molecule has 2 fully saturated rings. The largest absolute Gasteiger partial charge is 0.465 e. The Labute approximate surface area is 77.4 Å². The molecular formula is C10H14O3. The molecule has 0 spiro atoms. The van der Waals surface area contributed by atoms with Crippen LogP contribution in [-0.4, -0.2) is 18.4 Å². The van der Waals surface area contributed by atoms with Gasteiger partial charge in [0.05, 0.1) is 6.61 Å². The van der Waals surface area contributed by atoms with Crippen LogP contribution in [0.1, 0.15) is 33.1 Å². The van der Waals surface area contributed by atoms with Crippen LogP contribution in [-0.2, 0) is 14.3 Å². The predicted molar refractivity (Wildman–Crippen MR) is 46.0 cm³/mol. The van der Waals surface area contributed by atoms with Crippen molar-refractivity contribution in [3.05, 3.63) is 0 Å². The van der Waals surface area contributed by atoms with E-state index in [1.807, 2.05) is 6.92 Å². The molecule has 0 aromatic rings. The van der Waals surface area contributed by atoms with E-state index in [0.29, 0.717) is 19.4 Å². The molecule has 3 nitrogen and oxygen atoms in total. The molecule has 2 aliphatic carbocycles. The molecule has 2 saturated carbocycles. The zero-order valence-electron chi connectivity index (χ0n) is 8.05.